The van der Waals surface area contributed by atoms with Gasteiger partial charge < -0.3 is 9.84 Å². The maximum absolute atomic E-state index is 12.9. The van der Waals surface area contributed by atoms with Crippen molar-refractivity contribution in [2.45, 2.75) is 5.72 Å². The molecule has 1 saturated heterocycles. The van der Waals surface area contributed by atoms with Crippen LogP contribution in [0.4, 0.5) is 10.5 Å². The number of carbonyl (C=O) groups is 4. The number of imide groups is 2. The Bertz CT molecular complexity index is 1060. The second-order valence-electron chi connectivity index (χ2n) is 6.75. The van der Waals surface area contributed by atoms with E-state index in [1.54, 1.807) is 12.1 Å². The van der Waals surface area contributed by atoms with Gasteiger partial charge in [-0.3, -0.25) is 24.2 Å². The van der Waals surface area contributed by atoms with Crippen LogP contribution in [0.5, 0.6) is 5.75 Å². The van der Waals surface area contributed by atoms with Crippen LogP contribution in [0.2, 0.25) is 0 Å². The highest BCUT2D eigenvalue weighted by molar-refractivity contribution is 6.34. The lowest BCUT2D eigenvalue weighted by molar-refractivity contribution is -0.152. The fraction of sp³-hybridized carbons (Fsp3) is 0.200. The lowest BCUT2D eigenvalue weighted by Gasteiger charge is -2.31. The molecular weight excluding hydrogens is 378 g/mol. The Kier molecular flexibility index (Phi) is 3.95. The summed E-state index contributed by atoms with van der Waals surface area (Å²) in [6, 6.07) is 9.83. The normalized spacial score (nSPS) is 21.3. The number of amides is 5. The van der Waals surface area contributed by atoms with Crippen LogP contribution in [0.3, 0.4) is 0 Å². The molecule has 2 aliphatic rings. The number of hydrogen-bond acceptors (Lipinski definition) is 6. The van der Waals surface area contributed by atoms with Crippen LogP contribution in [0.15, 0.2) is 42.5 Å². The fourth-order valence-electron chi connectivity index (χ4n) is 3.65. The van der Waals surface area contributed by atoms with Gasteiger partial charge in [-0.05, 0) is 30.3 Å². The van der Waals surface area contributed by atoms with Crippen molar-refractivity contribution in [3.63, 3.8) is 0 Å². The Morgan fingerprint density at radius 3 is 2.00 bits per heavy atom. The van der Waals surface area contributed by atoms with E-state index >= 15 is 0 Å². The number of ether oxygens (including phenoxy) is 1. The molecule has 1 atom stereocenters. The first-order valence-electron chi connectivity index (χ1n) is 8.68. The van der Waals surface area contributed by atoms with Gasteiger partial charge in [-0.15, -0.1) is 0 Å². The minimum absolute atomic E-state index is 0.0113. The molecule has 2 aliphatic heterocycles. The van der Waals surface area contributed by atoms with Gasteiger partial charge in [-0.25, -0.2) is 9.69 Å². The van der Waals surface area contributed by atoms with Crippen molar-refractivity contribution in [1.29, 1.82) is 0 Å². The van der Waals surface area contributed by atoms with Crippen molar-refractivity contribution in [2.24, 2.45) is 0 Å². The van der Waals surface area contributed by atoms with Gasteiger partial charge in [0.25, 0.3) is 23.4 Å². The zero-order valence-electron chi connectivity index (χ0n) is 15.9. The highest BCUT2D eigenvalue weighted by Crippen LogP contribution is 2.42. The molecule has 29 heavy (non-hydrogen) atoms. The van der Waals surface area contributed by atoms with Crippen LogP contribution in [0.1, 0.15) is 26.3 Å². The largest absolute Gasteiger partial charge is 0.497 e. The van der Waals surface area contributed by atoms with Crippen molar-refractivity contribution < 1.29 is 29.0 Å². The van der Waals surface area contributed by atoms with Gasteiger partial charge >= 0.3 is 6.03 Å². The molecule has 0 saturated carbocycles. The smallest absolute Gasteiger partial charge is 0.329 e. The van der Waals surface area contributed by atoms with Gasteiger partial charge in [-0.2, -0.15) is 0 Å². The molecule has 9 heteroatoms. The van der Waals surface area contributed by atoms with Gasteiger partial charge in [0.1, 0.15) is 5.75 Å². The minimum atomic E-state index is -2.41. The second kappa shape index (κ2) is 6.14. The topological polar surface area (TPSA) is 107 Å². The molecule has 0 radical (unpaired) electrons. The molecule has 0 aromatic heterocycles. The van der Waals surface area contributed by atoms with E-state index in [2.05, 4.69) is 0 Å². The summed E-state index contributed by atoms with van der Waals surface area (Å²) in [6.45, 7) is 0. The standard InChI is InChI=1S/C20H17N3O6/c1-21-18(26)20(28,22(2)19(21)27)14-10-11(29-3)8-9-15(14)23-16(24)12-6-4-5-7-13(12)17(23)25/h4-10,28H,1-3H3. The molecule has 5 amide bonds. The van der Waals surface area contributed by atoms with Crippen molar-refractivity contribution in [1.82, 2.24) is 9.80 Å². The fourth-order valence-corrected chi connectivity index (χ4v) is 3.65. The van der Waals surface area contributed by atoms with Crippen molar-refractivity contribution in [3.8, 4) is 5.75 Å². The number of fused-ring (bicyclic) bond motifs is 1. The van der Waals surface area contributed by atoms with Crippen LogP contribution >= 0.6 is 0 Å². The Morgan fingerprint density at radius 1 is 0.931 bits per heavy atom. The third-order valence-corrected chi connectivity index (χ3v) is 5.28. The molecule has 1 fully saturated rings. The third kappa shape index (κ3) is 2.31. The van der Waals surface area contributed by atoms with E-state index in [1.165, 1.54) is 51.5 Å². The molecule has 1 unspecified atom stereocenters. The number of rotatable bonds is 3. The number of hydrogen-bond donors (Lipinski definition) is 1. The average molecular weight is 395 g/mol. The van der Waals surface area contributed by atoms with Gasteiger partial charge in [-0.1, -0.05) is 12.1 Å². The van der Waals surface area contributed by atoms with Crippen LogP contribution in [-0.4, -0.2) is 59.9 Å². The summed E-state index contributed by atoms with van der Waals surface area (Å²) < 4.78 is 5.19. The summed E-state index contributed by atoms with van der Waals surface area (Å²) in [5.74, 6) is -1.81. The van der Waals surface area contributed by atoms with Crippen molar-refractivity contribution in [3.05, 3.63) is 59.2 Å². The average Bonchev–Trinajstić information content (AvgIpc) is 3.08. The van der Waals surface area contributed by atoms with E-state index < -0.39 is 29.5 Å². The molecule has 2 aromatic carbocycles. The molecule has 0 bridgehead atoms. The highest BCUT2D eigenvalue weighted by Gasteiger charge is 2.57. The van der Waals surface area contributed by atoms with Gasteiger partial charge in [0.05, 0.1) is 23.9 Å². The zero-order chi connectivity index (χ0) is 21.1. The number of anilines is 1. The summed E-state index contributed by atoms with van der Waals surface area (Å²) in [4.78, 5) is 53.5. The molecule has 0 spiro atoms. The lowest BCUT2D eigenvalue weighted by atomic mass is 9.98. The Labute approximate surface area is 165 Å². The summed E-state index contributed by atoms with van der Waals surface area (Å²) in [7, 11) is 3.89. The van der Waals surface area contributed by atoms with Crippen molar-refractivity contribution in [2.75, 3.05) is 26.1 Å². The summed E-state index contributed by atoms with van der Waals surface area (Å²) in [5, 5.41) is 11.3. The number of urea groups is 1. The number of carbonyl (C=O) groups excluding carboxylic acids is 4. The number of benzene rings is 2. The van der Waals surface area contributed by atoms with Crippen LogP contribution < -0.4 is 9.64 Å². The molecular formula is C20H17N3O6. The summed E-state index contributed by atoms with van der Waals surface area (Å²) in [6.07, 6.45) is 0. The molecule has 9 nitrogen and oxygen atoms in total. The Balaban J connectivity index is 1.94. The number of aliphatic hydroxyl groups is 1. The molecule has 2 aromatic rings. The van der Waals surface area contributed by atoms with Gasteiger partial charge in [0.2, 0.25) is 0 Å². The minimum Gasteiger partial charge on any atom is -0.497 e. The predicted octanol–water partition coefficient (Wildman–Crippen LogP) is 1.16. The summed E-state index contributed by atoms with van der Waals surface area (Å²) >= 11 is 0. The number of methoxy groups -OCH3 is 1. The SMILES string of the molecule is COc1ccc(N2C(=O)c3ccccc3C2=O)c(C2(O)C(=O)N(C)C(=O)N2C)c1. The van der Waals surface area contributed by atoms with Crippen LogP contribution in [0.25, 0.3) is 0 Å². The van der Waals surface area contributed by atoms with E-state index in [9.17, 15) is 24.3 Å². The van der Waals surface area contributed by atoms with E-state index in [0.717, 1.165) is 14.7 Å². The highest BCUT2D eigenvalue weighted by atomic mass is 16.5. The van der Waals surface area contributed by atoms with E-state index in [-0.39, 0.29) is 28.1 Å². The quantitative estimate of drug-likeness (QED) is 0.617. The first kappa shape index (κ1) is 18.6. The number of nitrogens with zero attached hydrogens (tertiary/aromatic N) is 3. The zero-order valence-corrected chi connectivity index (χ0v) is 15.9. The van der Waals surface area contributed by atoms with Crippen LogP contribution in [-0.2, 0) is 10.5 Å². The maximum Gasteiger partial charge on any atom is 0.329 e. The third-order valence-electron chi connectivity index (χ3n) is 5.28. The van der Waals surface area contributed by atoms with Crippen LogP contribution in [0, 0.1) is 0 Å². The first-order valence-corrected chi connectivity index (χ1v) is 8.68. The number of likely N-dealkylation sites (N-methyl/N-ethyl adjacent to an activating group) is 2. The monoisotopic (exact) mass is 395 g/mol. The lowest BCUT2D eigenvalue weighted by Crippen LogP contribution is -2.46. The second-order valence-corrected chi connectivity index (χ2v) is 6.75. The van der Waals surface area contributed by atoms with Gasteiger partial charge in [0, 0.05) is 19.7 Å². The Hall–Kier alpha value is -3.72. The molecule has 1 N–H and O–H groups in total. The van der Waals surface area contributed by atoms with E-state index in [1.807, 2.05) is 0 Å². The first-order chi connectivity index (χ1) is 13.7. The van der Waals surface area contributed by atoms with E-state index in [0.29, 0.717) is 0 Å². The van der Waals surface area contributed by atoms with Crippen molar-refractivity contribution >= 4 is 29.4 Å². The maximum atomic E-state index is 12.9. The summed E-state index contributed by atoms with van der Waals surface area (Å²) in [5.41, 5.74) is -2.11. The van der Waals surface area contributed by atoms with Gasteiger partial charge in [0.15, 0.2) is 0 Å². The van der Waals surface area contributed by atoms with E-state index in [4.69, 9.17) is 4.74 Å². The molecule has 4 rings (SSSR count). The molecule has 2 heterocycles. The molecule has 0 aliphatic carbocycles. The Morgan fingerprint density at radius 2 is 1.52 bits per heavy atom. The predicted molar refractivity (Wildman–Crippen MR) is 100 cm³/mol. The molecule has 148 valence electrons.